The van der Waals surface area contributed by atoms with E-state index in [1.807, 2.05) is 13.0 Å². The highest BCUT2D eigenvalue weighted by Gasteiger charge is 2.18. The Balaban J connectivity index is 1.98. The zero-order chi connectivity index (χ0) is 18.1. The third-order valence-corrected chi connectivity index (χ3v) is 5.06. The number of nitrogens with one attached hydrogen (secondary N) is 1. The molecule has 3 heterocycles. The molecule has 0 aliphatic heterocycles. The lowest BCUT2D eigenvalue weighted by Crippen LogP contribution is -2.31. The Morgan fingerprint density at radius 1 is 1.40 bits per heavy atom. The minimum absolute atomic E-state index is 0.197. The summed E-state index contributed by atoms with van der Waals surface area (Å²) in [6, 6.07) is 5.13. The molecule has 9 heteroatoms. The SMILES string of the molecule is CCN(Cc1ccc(Cl)s1)C(=O)c1cnc2c(c1)c(=O)[nH]c(=O)n2C. The number of nitrogens with zero attached hydrogens (tertiary/aromatic N) is 3. The molecule has 1 N–H and O–H groups in total. The molecular formula is C16H15ClN4O3S. The number of pyridine rings is 1. The summed E-state index contributed by atoms with van der Waals surface area (Å²) in [4.78, 5) is 45.3. The van der Waals surface area contributed by atoms with E-state index in [0.29, 0.717) is 23.0 Å². The summed E-state index contributed by atoms with van der Waals surface area (Å²) in [6.45, 7) is 2.79. The van der Waals surface area contributed by atoms with Gasteiger partial charge in [0.1, 0.15) is 5.65 Å². The van der Waals surface area contributed by atoms with Gasteiger partial charge in [0, 0.05) is 24.7 Å². The van der Waals surface area contributed by atoms with E-state index in [1.54, 1.807) is 11.0 Å². The van der Waals surface area contributed by atoms with Crippen LogP contribution in [0.3, 0.4) is 0 Å². The van der Waals surface area contributed by atoms with Gasteiger partial charge in [-0.05, 0) is 25.1 Å². The first-order valence-electron chi connectivity index (χ1n) is 7.53. The molecule has 0 saturated heterocycles. The highest BCUT2D eigenvalue weighted by Crippen LogP contribution is 2.23. The van der Waals surface area contributed by atoms with E-state index in [0.717, 1.165) is 4.88 Å². The summed E-state index contributed by atoms with van der Waals surface area (Å²) in [7, 11) is 1.51. The Morgan fingerprint density at radius 3 is 2.80 bits per heavy atom. The molecule has 0 atom stereocenters. The van der Waals surface area contributed by atoms with Crippen LogP contribution < -0.4 is 11.2 Å². The normalized spacial score (nSPS) is 11.0. The minimum atomic E-state index is -0.562. The Morgan fingerprint density at radius 2 is 2.16 bits per heavy atom. The summed E-state index contributed by atoms with van der Waals surface area (Å²) < 4.78 is 1.90. The topological polar surface area (TPSA) is 88.1 Å². The molecule has 0 spiro atoms. The molecule has 130 valence electrons. The first kappa shape index (κ1) is 17.4. The van der Waals surface area contributed by atoms with Crippen molar-refractivity contribution in [2.45, 2.75) is 13.5 Å². The van der Waals surface area contributed by atoms with Gasteiger partial charge in [0.25, 0.3) is 11.5 Å². The van der Waals surface area contributed by atoms with Gasteiger partial charge in [-0.3, -0.25) is 19.1 Å². The van der Waals surface area contributed by atoms with Crippen molar-refractivity contribution in [2.24, 2.45) is 7.05 Å². The van der Waals surface area contributed by atoms with Crippen molar-refractivity contribution in [3.8, 4) is 0 Å². The molecule has 1 amide bonds. The molecule has 0 bridgehead atoms. The molecule has 3 aromatic rings. The number of thiophene rings is 1. The number of aromatic amines is 1. The maximum Gasteiger partial charge on any atom is 0.329 e. The van der Waals surface area contributed by atoms with Crippen LogP contribution in [-0.2, 0) is 13.6 Å². The third-order valence-electron chi connectivity index (χ3n) is 3.85. The van der Waals surface area contributed by atoms with E-state index < -0.39 is 11.2 Å². The molecule has 0 unspecified atom stereocenters. The van der Waals surface area contributed by atoms with Crippen LogP contribution in [0, 0.1) is 0 Å². The van der Waals surface area contributed by atoms with Crippen molar-refractivity contribution in [1.29, 1.82) is 0 Å². The summed E-state index contributed by atoms with van der Waals surface area (Å²) in [5.74, 6) is -0.241. The Bertz CT molecular complexity index is 1070. The van der Waals surface area contributed by atoms with Gasteiger partial charge in [0.2, 0.25) is 0 Å². The van der Waals surface area contributed by atoms with Gasteiger partial charge in [-0.1, -0.05) is 11.6 Å². The molecule has 0 aromatic carbocycles. The lowest BCUT2D eigenvalue weighted by Gasteiger charge is -2.20. The molecule has 7 nitrogen and oxygen atoms in total. The molecule has 0 saturated carbocycles. The largest absolute Gasteiger partial charge is 0.334 e. The van der Waals surface area contributed by atoms with Gasteiger partial charge in [0.15, 0.2) is 0 Å². The summed E-state index contributed by atoms with van der Waals surface area (Å²) >= 11 is 7.35. The van der Waals surface area contributed by atoms with Crippen LogP contribution in [0.15, 0.2) is 34.0 Å². The van der Waals surface area contributed by atoms with Gasteiger partial charge in [-0.25, -0.2) is 9.78 Å². The molecule has 0 aliphatic carbocycles. The smallest absolute Gasteiger partial charge is 0.329 e. The summed E-state index contributed by atoms with van der Waals surface area (Å²) in [6.07, 6.45) is 1.38. The average molecular weight is 379 g/mol. The van der Waals surface area contributed by atoms with Crippen LogP contribution >= 0.6 is 22.9 Å². The van der Waals surface area contributed by atoms with E-state index in [2.05, 4.69) is 9.97 Å². The lowest BCUT2D eigenvalue weighted by molar-refractivity contribution is 0.0754. The predicted molar refractivity (Wildman–Crippen MR) is 97.3 cm³/mol. The van der Waals surface area contributed by atoms with Gasteiger partial charge >= 0.3 is 5.69 Å². The third kappa shape index (κ3) is 3.35. The monoisotopic (exact) mass is 378 g/mol. The second kappa shape index (κ2) is 6.81. The lowest BCUT2D eigenvalue weighted by atomic mass is 10.2. The number of carbonyl (C=O) groups excluding carboxylic acids is 1. The van der Waals surface area contributed by atoms with Gasteiger partial charge in [0.05, 0.1) is 21.8 Å². The first-order chi connectivity index (χ1) is 11.9. The second-order valence-corrected chi connectivity index (χ2v) is 7.24. The van der Waals surface area contributed by atoms with Crippen molar-refractivity contribution in [1.82, 2.24) is 19.4 Å². The maximum atomic E-state index is 12.8. The van der Waals surface area contributed by atoms with Crippen molar-refractivity contribution in [3.05, 3.63) is 60.0 Å². The number of aromatic nitrogens is 3. The Kier molecular flexibility index (Phi) is 4.73. The molecule has 0 radical (unpaired) electrons. The molecule has 0 fully saturated rings. The van der Waals surface area contributed by atoms with E-state index in [-0.39, 0.29) is 16.9 Å². The fourth-order valence-electron chi connectivity index (χ4n) is 2.49. The number of carbonyl (C=O) groups is 1. The number of H-pyrrole nitrogens is 1. The highest BCUT2D eigenvalue weighted by molar-refractivity contribution is 7.16. The number of rotatable bonds is 4. The molecule has 3 rings (SSSR count). The molecule has 25 heavy (non-hydrogen) atoms. The maximum absolute atomic E-state index is 12.8. The zero-order valence-corrected chi connectivity index (χ0v) is 15.1. The molecule has 3 aromatic heterocycles. The quantitative estimate of drug-likeness (QED) is 0.752. The van der Waals surface area contributed by atoms with E-state index in [1.165, 1.54) is 35.2 Å². The zero-order valence-electron chi connectivity index (χ0n) is 13.6. The number of hydrogen-bond acceptors (Lipinski definition) is 5. The van der Waals surface area contributed by atoms with Gasteiger partial charge in [-0.2, -0.15) is 0 Å². The second-order valence-electron chi connectivity index (χ2n) is 5.44. The van der Waals surface area contributed by atoms with Crippen LogP contribution in [0.2, 0.25) is 4.34 Å². The molecular weight excluding hydrogens is 364 g/mol. The highest BCUT2D eigenvalue weighted by atomic mass is 35.5. The Labute approximate surface area is 151 Å². The first-order valence-corrected chi connectivity index (χ1v) is 8.72. The summed E-state index contributed by atoms with van der Waals surface area (Å²) in [5, 5.41) is 0.197. The fourth-order valence-corrected chi connectivity index (χ4v) is 3.59. The number of fused-ring (bicyclic) bond motifs is 1. The summed E-state index contributed by atoms with van der Waals surface area (Å²) in [5.41, 5.74) is -0.582. The average Bonchev–Trinajstić information content (AvgIpc) is 3.01. The van der Waals surface area contributed by atoms with Crippen LogP contribution in [0.1, 0.15) is 22.2 Å². The number of amides is 1. The number of aryl methyl sites for hydroxylation is 1. The van der Waals surface area contributed by atoms with Crippen LogP contribution in [0.5, 0.6) is 0 Å². The number of halogens is 1. The van der Waals surface area contributed by atoms with Crippen molar-refractivity contribution >= 4 is 39.9 Å². The number of hydrogen-bond donors (Lipinski definition) is 1. The Hall–Kier alpha value is -2.45. The van der Waals surface area contributed by atoms with Crippen LogP contribution in [0.4, 0.5) is 0 Å². The van der Waals surface area contributed by atoms with Gasteiger partial charge < -0.3 is 4.90 Å². The standard InChI is InChI=1S/C16H15ClN4O3S/c1-3-21(8-10-4-5-12(17)25-10)15(23)9-6-11-13(18-7-9)20(2)16(24)19-14(11)22/h4-7H,3,8H2,1-2H3,(H,19,22,24). The van der Waals surface area contributed by atoms with Crippen LogP contribution in [-0.4, -0.2) is 31.9 Å². The fraction of sp³-hybridized carbons (Fsp3) is 0.250. The van der Waals surface area contributed by atoms with E-state index in [9.17, 15) is 14.4 Å². The predicted octanol–water partition coefficient (Wildman–Crippen LogP) is 2.00. The van der Waals surface area contributed by atoms with Crippen LogP contribution in [0.25, 0.3) is 11.0 Å². The van der Waals surface area contributed by atoms with Crippen molar-refractivity contribution in [3.63, 3.8) is 0 Å². The van der Waals surface area contributed by atoms with Crippen molar-refractivity contribution in [2.75, 3.05) is 6.54 Å². The van der Waals surface area contributed by atoms with Crippen molar-refractivity contribution < 1.29 is 4.79 Å². The minimum Gasteiger partial charge on any atom is -0.334 e. The molecule has 0 aliphatic rings. The van der Waals surface area contributed by atoms with E-state index >= 15 is 0 Å². The van der Waals surface area contributed by atoms with E-state index in [4.69, 9.17) is 11.6 Å². The van der Waals surface area contributed by atoms with Gasteiger partial charge in [-0.15, -0.1) is 11.3 Å².